The van der Waals surface area contributed by atoms with E-state index in [2.05, 4.69) is 10.0 Å². The maximum absolute atomic E-state index is 10.9. The van der Waals surface area contributed by atoms with Gasteiger partial charge < -0.3 is 5.32 Å². The molecule has 0 amide bonds. The molecule has 0 saturated carbocycles. The van der Waals surface area contributed by atoms with E-state index in [1.807, 2.05) is 0 Å². The first kappa shape index (κ1) is 7.97. The molecule has 0 atom stereocenters. The molecule has 60 valence electrons. The first-order valence-corrected chi connectivity index (χ1v) is 5.04. The van der Waals surface area contributed by atoms with Gasteiger partial charge in [0.05, 0.1) is 5.75 Å². The normalized spacial score (nSPS) is 26.8. The van der Waals surface area contributed by atoms with E-state index >= 15 is 0 Å². The number of sulfonamides is 1. The van der Waals surface area contributed by atoms with Gasteiger partial charge in [-0.25, -0.2) is 13.1 Å². The van der Waals surface area contributed by atoms with E-state index in [1.165, 1.54) is 0 Å². The third kappa shape index (κ3) is 2.64. The fourth-order valence-corrected chi connectivity index (χ4v) is 1.86. The Hall–Kier alpha value is -0.130. The van der Waals surface area contributed by atoms with Crippen LogP contribution in [0.2, 0.25) is 0 Å². The lowest BCUT2D eigenvalue weighted by Gasteiger charge is -2.11. The number of hydrogen-bond donors (Lipinski definition) is 2. The van der Waals surface area contributed by atoms with Gasteiger partial charge in [0.15, 0.2) is 0 Å². The summed E-state index contributed by atoms with van der Waals surface area (Å²) in [6, 6.07) is 0. The van der Waals surface area contributed by atoms with Crippen molar-refractivity contribution >= 4 is 10.0 Å². The van der Waals surface area contributed by atoms with Crippen LogP contribution < -0.4 is 10.0 Å². The summed E-state index contributed by atoms with van der Waals surface area (Å²) in [5, 5.41) is 3.02. The lowest BCUT2D eigenvalue weighted by atomic mass is 10.4. The molecule has 5 heteroatoms. The van der Waals surface area contributed by atoms with Gasteiger partial charge in [-0.15, -0.1) is 0 Å². The summed E-state index contributed by atoms with van der Waals surface area (Å²) in [7, 11) is -2.96. The average Bonchev–Trinajstić information content (AvgIpc) is 1.81. The third-order valence-corrected chi connectivity index (χ3v) is 2.79. The highest BCUT2D eigenvalue weighted by Crippen LogP contribution is 1.87. The quantitative estimate of drug-likeness (QED) is 0.478. The minimum absolute atomic E-state index is 0.201. The van der Waals surface area contributed by atoms with Crippen molar-refractivity contribution in [1.29, 1.82) is 0 Å². The molecule has 4 nitrogen and oxygen atoms in total. The third-order valence-electron chi connectivity index (χ3n) is 1.40. The van der Waals surface area contributed by atoms with E-state index in [1.54, 1.807) is 0 Å². The number of rotatable bonds is 0. The summed E-state index contributed by atoms with van der Waals surface area (Å²) in [4.78, 5) is 0. The summed E-state index contributed by atoms with van der Waals surface area (Å²) in [6.45, 7) is 2.03. The van der Waals surface area contributed by atoms with Crippen molar-refractivity contribution < 1.29 is 8.42 Å². The average molecular weight is 164 g/mol. The first-order valence-electron chi connectivity index (χ1n) is 3.39. The van der Waals surface area contributed by atoms with Crippen LogP contribution in [0.15, 0.2) is 0 Å². The van der Waals surface area contributed by atoms with Crippen LogP contribution >= 0.6 is 0 Å². The fraction of sp³-hybridized carbons (Fsp3) is 1.00. The van der Waals surface area contributed by atoms with Crippen LogP contribution in [0.25, 0.3) is 0 Å². The second-order valence-electron chi connectivity index (χ2n) is 2.32. The molecule has 1 aliphatic rings. The van der Waals surface area contributed by atoms with E-state index in [4.69, 9.17) is 0 Å². The monoisotopic (exact) mass is 164 g/mol. The molecular formula is C5H12N2O2S. The topological polar surface area (TPSA) is 58.2 Å². The van der Waals surface area contributed by atoms with Crippen LogP contribution in [0, 0.1) is 0 Å². The second-order valence-corrected chi connectivity index (χ2v) is 4.24. The van der Waals surface area contributed by atoms with Gasteiger partial charge in [-0.2, -0.15) is 0 Å². The lowest BCUT2D eigenvalue weighted by molar-refractivity contribution is 0.559. The van der Waals surface area contributed by atoms with Crippen LogP contribution in [0.3, 0.4) is 0 Å². The van der Waals surface area contributed by atoms with Crippen molar-refractivity contribution in [2.45, 2.75) is 6.42 Å². The maximum Gasteiger partial charge on any atom is 0.212 e. The van der Waals surface area contributed by atoms with Crippen LogP contribution in [0.4, 0.5) is 0 Å². The van der Waals surface area contributed by atoms with Gasteiger partial charge in [0.25, 0.3) is 0 Å². The molecule has 1 saturated heterocycles. The molecule has 1 heterocycles. The molecule has 0 spiro atoms. The highest BCUT2D eigenvalue weighted by Gasteiger charge is 2.10. The van der Waals surface area contributed by atoms with Crippen LogP contribution in [-0.2, 0) is 10.0 Å². The Bertz CT molecular complexity index is 174. The van der Waals surface area contributed by atoms with E-state index in [0.29, 0.717) is 13.1 Å². The van der Waals surface area contributed by atoms with Crippen LogP contribution in [0.1, 0.15) is 6.42 Å². The van der Waals surface area contributed by atoms with Crippen molar-refractivity contribution in [1.82, 2.24) is 10.0 Å². The second kappa shape index (κ2) is 3.32. The Morgan fingerprint density at radius 2 is 1.90 bits per heavy atom. The predicted molar refractivity (Wildman–Crippen MR) is 39.3 cm³/mol. The molecule has 0 aromatic heterocycles. The van der Waals surface area contributed by atoms with Gasteiger partial charge in [0.1, 0.15) is 0 Å². The van der Waals surface area contributed by atoms with Gasteiger partial charge in [-0.3, -0.25) is 0 Å². The Morgan fingerprint density at radius 1 is 1.10 bits per heavy atom. The SMILES string of the molecule is O=S1(=O)CCNCCCN1. The largest absolute Gasteiger partial charge is 0.316 e. The lowest BCUT2D eigenvalue weighted by Crippen LogP contribution is -2.37. The highest BCUT2D eigenvalue weighted by atomic mass is 32.2. The van der Waals surface area contributed by atoms with Gasteiger partial charge in [-0.05, 0) is 13.0 Å². The Labute approximate surface area is 61.1 Å². The Kier molecular flexibility index (Phi) is 2.64. The van der Waals surface area contributed by atoms with E-state index < -0.39 is 10.0 Å². The molecule has 0 aromatic rings. The first-order chi connectivity index (χ1) is 4.71. The number of nitrogens with one attached hydrogen (secondary N) is 2. The molecule has 2 N–H and O–H groups in total. The summed E-state index contributed by atoms with van der Waals surface area (Å²) < 4.78 is 24.2. The summed E-state index contributed by atoms with van der Waals surface area (Å²) in [5.41, 5.74) is 0. The van der Waals surface area contributed by atoms with Crippen molar-refractivity contribution in [3.8, 4) is 0 Å². The van der Waals surface area contributed by atoms with Crippen molar-refractivity contribution in [2.75, 3.05) is 25.4 Å². The van der Waals surface area contributed by atoms with E-state index in [0.717, 1.165) is 13.0 Å². The fourth-order valence-electron chi connectivity index (χ4n) is 0.845. The van der Waals surface area contributed by atoms with Crippen molar-refractivity contribution in [3.05, 3.63) is 0 Å². The van der Waals surface area contributed by atoms with Crippen LogP contribution in [-0.4, -0.2) is 33.8 Å². The maximum atomic E-state index is 10.9. The van der Waals surface area contributed by atoms with Gasteiger partial charge >= 0.3 is 0 Å². The zero-order chi connectivity index (χ0) is 7.45. The van der Waals surface area contributed by atoms with Crippen LogP contribution in [0.5, 0.6) is 0 Å². The molecular weight excluding hydrogens is 152 g/mol. The van der Waals surface area contributed by atoms with Crippen molar-refractivity contribution in [3.63, 3.8) is 0 Å². The molecule has 0 unspecified atom stereocenters. The molecule has 0 radical (unpaired) electrons. The molecule has 1 fully saturated rings. The molecule has 1 rings (SSSR count). The summed E-state index contributed by atoms with van der Waals surface area (Å²) in [5.74, 6) is 0.201. The van der Waals surface area contributed by atoms with E-state index in [9.17, 15) is 8.42 Å². The Morgan fingerprint density at radius 3 is 2.70 bits per heavy atom. The van der Waals surface area contributed by atoms with E-state index in [-0.39, 0.29) is 5.75 Å². The molecule has 10 heavy (non-hydrogen) atoms. The molecule has 0 bridgehead atoms. The van der Waals surface area contributed by atoms with Gasteiger partial charge in [0, 0.05) is 13.1 Å². The summed E-state index contributed by atoms with van der Waals surface area (Å²) in [6.07, 6.45) is 0.874. The van der Waals surface area contributed by atoms with Gasteiger partial charge in [-0.1, -0.05) is 0 Å². The van der Waals surface area contributed by atoms with Crippen molar-refractivity contribution in [2.24, 2.45) is 0 Å². The zero-order valence-electron chi connectivity index (χ0n) is 5.76. The Balaban J connectivity index is 2.46. The van der Waals surface area contributed by atoms with Gasteiger partial charge in [0.2, 0.25) is 10.0 Å². The predicted octanol–water partition coefficient (Wildman–Crippen LogP) is -1.10. The standard InChI is InChI=1S/C5H12N2O2S/c8-10(9)5-4-6-2-1-3-7-10/h6-7H,1-5H2. The smallest absolute Gasteiger partial charge is 0.212 e. The summed E-state index contributed by atoms with van der Waals surface area (Å²) >= 11 is 0. The zero-order valence-corrected chi connectivity index (χ0v) is 6.58. The highest BCUT2D eigenvalue weighted by molar-refractivity contribution is 7.89. The minimum Gasteiger partial charge on any atom is -0.316 e. The molecule has 0 aromatic carbocycles. The number of hydrogen-bond acceptors (Lipinski definition) is 3. The minimum atomic E-state index is -2.96. The molecule has 0 aliphatic carbocycles. The molecule has 1 aliphatic heterocycles.